The van der Waals surface area contributed by atoms with E-state index in [-0.39, 0.29) is 23.2 Å². The summed E-state index contributed by atoms with van der Waals surface area (Å²) in [6.07, 6.45) is 0.364. The van der Waals surface area contributed by atoms with Crippen molar-refractivity contribution in [1.29, 1.82) is 0 Å². The number of hydrogen-bond donors (Lipinski definition) is 2. The number of halogens is 1. The van der Waals surface area contributed by atoms with E-state index in [9.17, 15) is 14.0 Å². The molecule has 2 aromatic rings. The van der Waals surface area contributed by atoms with Crippen molar-refractivity contribution in [2.75, 3.05) is 0 Å². The van der Waals surface area contributed by atoms with Crippen LogP contribution in [0.25, 0.3) is 5.69 Å². The number of nitrogens with one attached hydrogen (secondary N) is 2. The minimum absolute atomic E-state index is 0.198. The summed E-state index contributed by atoms with van der Waals surface area (Å²) in [6, 6.07) is 5.58. The van der Waals surface area contributed by atoms with Gasteiger partial charge < -0.3 is 0 Å². The molecule has 0 atom stereocenters. The van der Waals surface area contributed by atoms with Crippen LogP contribution >= 0.6 is 0 Å². The molecule has 0 radical (unpaired) electrons. The van der Waals surface area contributed by atoms with Crippen molar-refractivity contribution in [2.45, 2.75) is 34.1 Å². The number of amides is 1. The molecule has 0 spiro atoms. The zero-order valence-electron chi connectivity index (χ0n) is 14.2. The summed E-state index contributed by atoms with van der Waals surface area (Å²) in [5.74, 6) is -0.345. The average molecular weight is 332 g/mol. The highest BCUT2D eigenvalue weighted by Crippen LogP contribution is 2.09. The van der Waals surface area contributed by atoms with Gasteiger partial charge in [0.25, 0.3) is 5.56 Å². The van der Waals surface area contributed by atoms with Crippen molar-refractivity contribution in [3.8, 4) is 5.69 Å². The lowest BCUT2D eigenvalue weighted by Gasteiger charge is -2.03. The van der Waals surface area contributed by atoms with Crippen LogP contribution in [0.2, 0.25) is 0 Å². The Morgan fingerprint density at radius 3 is 2.54 bits per heavy atom. The number of aromatic amines is 1. The SMILES string of the molecule is CC(=NNC(=O)CC(C)C)c1c(C)[nH]n(-c2ccc(F)cc2)c1=O. The molecule has 0 aliphatic rings. The van der Waals surface area contributed by atoms with Crippen LogP contribution < -0.4 is 11.0 Å². The maximum absolute atomic E-state index is 13.0. The molecule has 2 rings (SSSR count). The van der Waals surface area contributed by atoms with Gasteiger partial charge in [-0.3, -0.25) is 14.7 Å². The number of rotatable bonds is 5. The van der Waals surface area contributed by atoms with E-state index in [1.807, 2.05) is 13.8 Å². The zero-order valence-corrected chi connectivity index (χ0v) is 14.2. The summed E-state index contributed by atoms with van der Waals surface area (Å²) in [4.78, 5) is 24.3. The second-order valence-electron chi connectivity index (χ2n) is 6.06. The Balaban J connectivity index is 2.30. The van der Waals surface area contributed by atoms with E-state index in [0.29, 0.717) is 29.1 Å². The van der Waals surface area contributed by atoms with Gasteiger partial charge in [-0.05, 0) is 44.0 Å². The van der Waals surface area contributed by atoms with Gasteiger partial charge in [0, 0.05) is 12.1 Å². The van der Waals surface area contributed by atoms with Gasteiger partial charge >= 0.3 is 0 Å². The number of carbonyl (C=O) groups excluding carboxylic acids is 1. The molecule has 24 heavy (non-hydrogen) atoms. The van der Waals surface area contributed by atoms with Gasteiger partial charge in [0.2, 0.25) is 5.91 Å². The first kappa shape index (κ1) is 17.7. The number of benzene rings is 1. The minimum atomic E-state index is -0.374. The molecule has 1 aromatic carbocycles. The third-order valence-corrected chi connectivity index (χ3v) is 3.46. The molecule has 0 unspecified atom stereocenters. The predicted octanol–water partition coefficient (Wildman–Crippen LogP) is 2.50. The summed E-state index contributed by atoms with van der Waals surface area (Å²) in [5, 5.41) is 6.95. The third kappa shape index (κ3) is 3.98. The molecule has 2 N–H and O–H groups in total. The summed E-state index contributed by atoms with van der Waals surface area (Å²) >= 11 is 0. The van der Waals surface area contributed by atoms with Crippen LogP contribution in [0.4, 0.5) is 4.39 Å². The molecule has 0 aliphatic heterocycles. The van der Waals surface area contributed by atoms with Crippen LogP contribution in [0.5, 0.6) is 0 Å². The Bertz CT molecular complexity index is 816. The number of aromatic nitrogens is 2. The molecular formula is C17H21FN4O2. The average Bonchev–Trinajstić information content (AvgIpc) is 2.80. The van der Waals surface area contributed by atoms with E-state index in [1.165, 1.54) is 28.9 Å². The monoisotopic (exact) mass is 332 g/mol. The summed E-state index contributed by atoms with van der Waals surface area (Å²) < 4.78 is 14.3. The van der Waals surface area contributed by atoms with E-state index in [2.05, 4.69) is 15.6 Å². The molecule has 1 aromatic heterocycles. The van der Waals surface area contributed by atoms with Crippen LogP contribution in [-0.2, 0) is 4.79 Å². The van der Waals surface area contributed by atoms with Crippen LogP contribution in [0.1, 0.15) is 38.4 Å². The highest BCUT2D eigenvalue weighted by atomic mass is 19.1. The molecule has 7 heteroatoms. The highest BCUT2D eigenvalue weighted by Gasteiger charge is 2.15. The van der Waals surface area contributed by atoms with Gasteiger partial charge in [-0.1, -0.05) is 13.8 Å². The van der Waals surface area contributed by atoms with Crippen molar-refractivity contribution in [2.24, 2.45) is 11.0 Å². The second-order valence-corrected chi connectivity index (χ2v) is 6.06. The topological polar surface area (TPSA) is 79.2 Å². The number of H-pyrrole nitrogens is 1. The Kier molecular flexibility index (Phi) is 5.33. The van der Waals surface area contributed by atoms with Crippen molar-refractivity contribution in [3.63, 3.8) is 0 Å². The number of aryl methyl sites for hydroxylation is 1. The molecule has 6 nitrogen and oxygen atoms in total. The number of carbonyl (C=O) groups is 1. The molecule has 1 amide bonds. The molecular weight excluding hydrogens is 311 g/mol. The van der Waals surface area contributed by atoms with Crippen molar-refractivity contribution in [3.05, 3.63) is 51.7 Å². The van der Waals surface area contributed by atoms with Crippen molar-refractivity contribution < 1.29 is 9.18 Å². The minimum Gasteiger partial charge on any atom is -0.295 e. The molecule has 0 aliphatic carbocycles. The Hall–Kier alpha value is -2.70. The summed E-state index contributed by atoms with van der Waals surface area (Å²) in [5.41, 5.74) is 4.08. The predicted molar refractivity (Wildman–Crippen MR) is 90.9 cm³/mol. The summed E-state index contributed by atoms with van der Waals surface area (Å²) in [6.45, 7) is 7.27. The lowest BCUT2D eigenvalue weighted by atomic mass is 10.1. The molecule has 128 valence electrons. The second kappa shape index (κ2) is 7.25. The Morgan fingerprint density at radius 2 is 1.96 bits per heavy atom. The quantitative estimate of drug-likeness (QED) is 0.652. The van der Waals surface area contributed by atoms with Crippen LogP contribution in [0.15, 0.2) is 34.2 Å². The van der Waals surface area contributed by atoms with E-state index < -0.39 is 0 Å². The first-order valence-electron chi connectivity index (χ1n) is 7.70. The fourth-order valence-electron chi connectivity index (χ4n) is 2.36. The molecule has 0 saturated carbocycles. The van der Waals surface area contributed by atoms with Gasteiger partial charge in [-0.25, -0.2) is 14.5 Å². The molecule has 0 bridgehead atoms. The van der Waals surface area contributed by atoms with Crippen LogP contribution in [0.3, 0.4) is 0 Å². The zero-order chi connectivity index (χ0) is 17.9. The maximum Gasteiger partial charge on any atom is 0.280 e. The number of hydrazone groups is 1. The Labute approximate surface area is 139 Å². The van der Waals surface area contributed by atoms with Crippen LogP contribution in [0, 0.1) is 18.7 Å². The maximum atomic E-state index is 13.0. The molecule has 0 saturated heterocycles. The van der Waals surface area contributed by atoms with Gasteiger partial charge in [0.1, 0.15) is 5.82 Å². The number of hydrogen-bond acceptors (Lipinski definition) is 3. The molecule has 0 fully saturated rings. The lowest BCUT2D eigenvalue weighted by molar-refractivity contribution is -0.121. The Morgan fingerprint density at radius 1 is 1.33 bits per heavy atom. The smallest absolute Gasteiger partial charge is 0.280 e. The molecule has 1 heterocycles. The lowest BCUT2D eigenvalue weighted by Crippen LogP contribution is -2.24. The van der Waals surface area contributed by atoms with Gasteiger partial charge in [0.15, 0.2) is 0 Å². The van der Waals surface area contributed by atoms with E-state index in [0.717, 1.165) is 0 Å². The van der Waals surface area contributed by atoms with Gasteiger partial charge in [0.05, 0.1) is 17.0 Å². The van der Waals surface area contributed by atoms with E-state index in [1.54, 1.807) is 13.8 Å². The van der Waals surface area contributed by atoms with Crippen LogP contribution in [-0.4, -0.2) is 21.4 Å². The van der Waals surface area contributed by atoms with E-state index >= 15 is 0 Å². The third-order valence-electron chi connectivity index (χ3n) is 3.46. The standard InChI is InChI=1S/C17H21FN4O2/c1-10(2)9-15(23)20-19-11(3)16-12(4)21-22(17(16)24)14-7-5-13(18)6-8-14/h5-8,10,21H,9H2,1-4H3,(H,20,23). The number of nitrogens with zero attached hydrogens (tertiary/aromatic N) is 2. The normalized spacial score (nSPS) is 11.8. The van der Waals surface area contributed by atoms with Gasteiger partial charge in [-0.2, -0.15) is 5.10 Å². The first-order valence-corrected chi connectivity index (χ1v) is 7.70. The summed E-state index contributed by atoms with van der Waals surface area (Å²) in [7, 11) is 0. The first-order chi connectivity index (χ1) is 11.3. The highest BCUT2D eigenvalue weighted by molar-refractivity contribution is 6.00. The van der Waals surface area contributed by atoms with Crippen molar-refractivity contribution >= 4 is 11.6 Å². The fraction of sp³-hybridized carbons (Fsp3) is 0.353. The fourth-order valence-corrected chi connectivity index (χ4v) is 2.36. The van der Waals surface area contributed by atoms with Crippen molar-refractivity contribution in [1.82, 2.24) is 15.2 Å². The van der Waals surface area contributed by atoms with Gasteiger partial charge in [-0.15, -0.1) is 0 Å². The largest absolute Gasteiger partial charge is 0.295 e. The van der Waals surface area contributed by atoms with E-state index in [4.69, 9.17) is 0 Å².